The predicted octanol–water partition coefficient (Wildman–Crippen LogP) is 4.16. The number of halogens is 1. The summed E-state index contributed by atoms with van der Waals surface area (Å²) in [6.45, 7) is 6.73. The Morgan fingerprint density at radius 3 is 2.71 bits per heavy atom. The van der Waals surface area contributed by atoms with E-state index in [1.165, 1.54) is 0 Å². The largest absolute Gasteiger partial charge is 0.494 e. The highest BCUT2D eigenvalue weighted by Gasteiger charge is 2.09. The quantitative estimate of drug-likeness (QED) is 0.815. The third-order valence-electron chi connectivity index (χ3n) is 2.87. The summed E-state index contributed by atoms with van der Waals surface area (Å²) in [4.78, 5) is 4.62. The van der Waals surface area contributed by atoms with Gasteiger partial charge in [-0.25, -0.2) is 0 Å². The second kappa shape index (κ2) is 4.92. The van der Waals surface area contributed by atoms with E-state index in [9.17, 15) is 0 Å². The van der Waals surface area contributed by atoms with Crippen LogP contribution in [0.1, 0.15) is 25.1 Å². The molecule has 0 bridgehead atoms. The van der Waals surface area contributed by atoms with E-state index in [1.807, 2.05) is 32.0 Å². The number of ether oxygens (including phenoxy) is 1. The molecule has 1 aromatic carbocycles. The molecule has 2 nitrogen and oxygen atoms in total. The Bertz CT molecular complexity index is 551. The molecule has 2 rings (SSSR count). The Balaban J connectivity index is 2.65. The zero-order chi connectivity index (χ0) is 12.4. The van der Waals surface area contributed by atoms with Gasteiger partial charge in [0, 0.05) is 11.1 Å². The van der Waals surface area contributed by atoms with Gasteiger partial charge in [0.2, 0.25) is 0 Å². The topological polar surface area (TPSA) is 22.1 Å². The van der Waals surface area contributed by atoms with Crippen molar-refractivity contribution in [2.75, 3.05) is 6.61 Å². The summed E-state index contributed by atoms with van der Waals surface area (Å²) in [5, 5.41) is 1.75. The van der Waals surface area contributed by atoms with Crippen LogP contribution >= 0.6 is 11.6 Å². The van der Waals surface area contributed by atoms with Crippen LogP contribution in [0.2, 0.25) is 5.02 Å². The molecule has 0 amide bonds. The number of hydrogen-bond donors (Lipinski definition) is 0. The van der Waals surface area contributed by atoms with Crippen LogP contribution in [0.5, 0.6) is 5.75 Å². The molecule has 90 valence electrons. The summed E-state index contributed by atoms with van der Waals surface area (Å²) >= 11 is 6.39. The van der Waals surface area contributed by atoms with E-state index in [0.717, 1.165) is 39.4 Å². The predicted molar refractivity (Wildman–Crippen MR) is 72.0 cm³/mol. The molecule has 1 aromatic heterocycles. The average molecular weight is 250 g/mol. The Kier molecular flexibility index (Phi) is 3.53. The zero-order valence-corrected chi connectivity index (χ0v) is 11.1. The normalized spacial score (nSPS) is 10.8. The van der Waals surface area contributed by atoms with Crippen LogP contribution in [0.25, 0.3) is 10.9 Å². The first-order chi connectivity index (χ1) is 8.17. The van der Waals surface area contributed by atoms with Gasteiger partial charge in [-0.3, -0.25) is 4.98 Å². The Morgan fingerprint density at radius 2 is 2.06 bits per heavy atom. The van der Waals surface area contributed by atoms with Crippen molar-refractivity contribution in [2.24, 2.45) is 0 Å². The van der Waals surface area contributed by atoms with Crippen molar-refractivity contribution < 1.29 is 4.74 Å². The average Bonchev–Trinajstić information content (AvgIpc) is 2.34. The van der Waals surface area contributed by atoms with Gasteiger partial charge in [-0.15, -0.1) is 0 Å². The molecule has 0 saturated heterocycles. The van der Waals surface area contributed by atoms with Crippen molar-refractivity contribution in [2.45, 2.75) is 27.2 Å². The van der Waals surface area contributed by atoms with Crippen molar-refractivity contribution in [3.8, 4) is 5.75 Å². The van der Waals surface area contributed by atoms with Crippen LogP contribution in [0.15, 0.2) is 18.2 Å². The first kappa shape index (κ1) is 12.2. The molecule has 0 saturated carbocycles. The van der Waals surface area contributed by atoms with Gasteiger partial charge in [0.05, 0.1) is 17.1 Å². The lowest BCUT2D eigenvalue weighted by molar-refractivity contribution is 0.340. The molecule has 0 aliphatic rings. The van der Waals surface area contributed by atoms with Gasteiger partial charge in [0.15, 0.2) is 0 Å². The van der Waals surface area contributed by atoms with Gasteiger partial charge in [-0.1, -0.05) is 18.5 Å². The summed E-state index contributed by atoms with van der Waals surface area (Å²) < 4.78 is 5.48. The Labute approximate surface area is 107 Å². The SMILES string of the molecule is CCOc1ccc2nc(CC)c(C)c(Cl)c2c1. The fourth-order valence-electron chi connectivity index (χ4n) is 1.95. The number of fused-ring (bicyclic) bond motifs is 1. The molecule has 0 aliphatic heterocycles. The van der Waals surface area contributed by atoms with Gasteiger partial charge in [0.25, 0.3) is 0 Å². The molecule has 0 atom stereocenters. The van der Waals surface area contributed by atoms with E-state index in [0.29, 0.717) is 6.61 Å². The maximum absolute atomic E-state index is 6.39. The minimum Gasteiger partial charge on any atom is -0.494 e. The second-order valence-electron chi connectivity index (χ2n) is 3.96. The standard InChI is InChI=1S/C14H16ClNO/c1-4-12-9(3)14(15)11-8-10(17-5-2)6-7-13(11)16-12/h6-8H,4-5H2,1-3H3. The first-order valence-corrected chi connectivity index (χ1v) is 6.26. The molecular formula is C14H16ClNO. The molecular weight excluding hydrogens is 234 g/mol. The number of pyridine rings is 1. The molecule has 0 radical (unpaired) electrons. The third kappa shape index (κ3) is 2.22. The van der Waals surface area contributed by atoms with Gasteiger partial charge < -0.3 is 4.74 Å². The highest BCUT2D eigenvalue weighted by Crippen LogP contribution is 2.30. The van der Waals surface area contributed by atoms with Crippen molar-refractivity contribution >= 4 is 22.5 Å². The van der Waals surface area contributed by atoms with Crippen molar-refractivity contribution in [1.82, 2.24) is 4.98 Å². The molecule has 1 heterocycles. The number of hydrogen-bond acceptors (Lipinski definition) is 2. The van der Waals surface area contributed by atoms with Crippen molar-refractivity contribution in [3.63, 3.8) is 0 Å². The van der Waals surface area contributed by atoms with Crippen LogP contribution in [0.4, 0.5) is 0 Å². The van der Waals surface area contributed by atoms with Crippen LogP contribution in [-0.4, -0.2) is 11.6 Å². The molecule has 2 aromatic rings. The third-order valence-corrected chi connectivity index (χ3v) is 3.35. The number of benzene rings is 1. The van der Waals surface area contributed by atoms with Crippen molar-refractivity contribution in [3.05, 3.63) is 34.5 Å². The van der Waals surface area contributed by atoms with Gasteiger partial charge in [-0.2, -0.15) is 0 Å². The van der Waals surface area contributed by atoms with E-state index >= 15 is 0 Å². The summed E-state index contributed by atoms with van der Waals surface area (Å²) in [5.74, 6) is 0.840. The zero-order valence-electron chi connectivity index (χ0n) is 10.4. The fourth-order valence-corrected chi connectivity index (χ4v) is 2.21. The summed E-state index contributed by atoms with van der Waals surface area (Å²) in [7, 11) is 0. The monoisotopic (exact) mass is 249 g/mol. The summed E-state index contributed by atoms with van der Waals surface area (Å²) in [5.41, 5.74) is 3.06. The number of rotatable bonds is 3. The van der Waals surface area contributed by atoms with E-state index in [2.05, 4.69) is 11.9 Å². The Hall–Kier alpha value is -1.28. The lowest BCUT2D eigenvalue weighted by Crippen LogP contribution is -1.96. The highest BCUT2D eigenvalue weighted by atomic mass is 35.5. The maximum Gasteiger partial charge on any atom is 0.120 e. The molecule has 0 unspecified atom stereocenters. The van der Waals surface area contributed by atoms with Crippen LogP contribution in [-0.2, 0) is 6.42 Å². The molecule has 3 heteroatoms. The first-order valence-electron chi connectivity index (χ1n) is 5.88. The minimum atomic E-state index is 0.655. The van der Waals surface area contributed by atoms with Crippen molar-refractivity contribution in [1.29, 1.82) is 0 Å². The highest BCUT2D eigenvalue weighted by molar-refractivity contribution is 6.36. The van der Waals surface area contributed by atoms with E-state index in [-0.39, 0.29) is 0 Å². The maximum atomic E-state index is 6.39. The fraction of sp³-hybridized carbons (Fsp3) is 0.357. The number of nitrogens with zero attached hydrogens (tertiary/aromatic N) is 1. The van der Waals surface area contributed by atoms with Crippen LogP contribution < -0.4 is 4.74 Å². The molecule has 17 heavy (non-hydrogen) atoms. The number of aromatic nitrogens is 1. The van der Waals surface area contributed by atoms with Gasteiger partial charge >= 0.3 is 0 Å². The molecule has 0 fully saturated rings. The van der Waals surface area contributed by atoms with E-state index in [4.69, 9.17) is 16.3 Å². The summed E-state index contributed by atoms with van der Waals surface area (Å²) in [6.07, 6.45) is 0.898. The van der Waals surface area contributed by atoms with E-state index < -0.39 is 0 Å². The molecule has 0 spiro atoms. The number of aryl methyl sites for hydroxylation is 1. The lowest BCUT2D eigenvalue weighted by Gasteiger charge is -2.10. The van der Waals surface area contributed by atoms with Gasteiger partial charge in [-0.05, 0) is 44.0 Å². The van der Waals surface area contributed by atoms with Gasteiger partial charge in [0.1, 0.15) is 5.75 Å². The second-order valence-corrected chi connectivity index (χ2v) is 4.34. The van der Waals surface area contributed by atoms with Crippen LogP contribution in [0, 0.1) is 6.92 Å². The minimum absolute atomic E-state index is 0.655. The Morgan fingerprint density at radius 1 is 1.29 bits per heavy atom. The molecule has 0 aliphatic carbocycles. The smallest absolute Gasteiger partial charge is 0.120 e. The van der Waals surface area contributed by atoms with E-state index in [1.54, 1.807) is 0 Å². The van der Waals surface area contributed by atoms with Crippen LogP contribution in [0.3, 0.4) is 0 Å². The summed E-state index contributed by atoms with van der Waals surface area (Å²) in [6, 6.07) is 5.86. The lowest BCUT2D eigenvalue weighted by atomic mass is 10.1. The molecule has 0 N–H and O–H groups in total.